The predicted molar refractivity (Wildman–Crippen MR) is 96.6 cm³/mol. The number of hydrogen-bond acceptors (Lipinski definition) is 4. The number of rotatable bonds is 5. The highest BCUT2D eigenvalue weighted by molar-refractivity contribution is 5.93. The second-order valence-electron chi connectivity index (χ2n) is 6.02. The van der Waals surface area contributed by atoms with Gasteiger partial charge in [-0.2, -0.15) is 0 Å². The molecule has 1 atom stereocenters. The zero-order chi connectivity index (χ0) is 17.8. The van der Waals surface area contributed by atoms with Crippen molar-refractivity contribution in [3.8, 4) is 17.0 Å². The number of carbonyl (C=O) groups is 1. The molecule has 0 bridgehead atoms. The summed E-state index contributed by atoms with van der Waals surface area (Å²) in [5.41, 5.74) is 3.76. The summed E-state index contributed by atoms with van der Waals surface area (Å²) in [6.07, 6.45) is -0.661. The van der Waals surface area contributed by atoms with Gasteiger partial charge in [0.1, 0.15) is 11.4 Å². The molecule has 0 radical (unpaired) electrons. The Morgan fingerprint density at radius 2 is 1.76 bits per heavy atom. The fourth-order valence-electron chi connectivity index (χ4n) is 2.56. The van der Waals surface area contributed by atoms with Crippen LogP contribution < -0.4 is 10.1 Å². The number of ether oxygens (including phenoxy) is 1. The fraction of sp³-hybridized carbons (Fsp3) is 0.200. The maximum Gasteiger partial charge on any atom is 0.267 e. The number of amides is 1. The van der Waals surface area contributed by atoms with Crippen molar-refractivity contribution in [2.45, 2.75) is 26.9 Å². The molecule has 5 heteroatoms. The van der Waals surface area contributed by atoms with Gasteiger partial charge < -0.3 is 9.26 Å². The van der Waals surface area contributed by atoms with Crippen molar-refractivity contribution in [2.75, 3.05) is 5.32 Å². The van der Waals surface area contributed by atoms with Crippen molar-refractivity contribution in [3.05, 3.63) is 65.7 Å². The van der Waals surface area contributed by atoms with E-state index in [0.717, 1.165) is 16.7 Å². The average molecular weight is 336 g/mol. The lowest BCUT2D eigenvalue weighted by atomic mass is 10.1. The molecule has 2 aromatic carbocycles. The number of hydrogen-bond donors (Lipinski definition) is 1. The van der Waals surface area contributed by atoms with Crippen LogP contribution in [0.2, 0.25) is 0 Å². The molecule has 3 aromatic rings. The number of nitrogens with zero attached hydrogens (tertiary/aromatic N) is 1. The summed E-state index contributed by atoms with van der Waals surface area (Å²) in [6, 6.07) is 17.2. The minimum Gasteiger partial charge on any atom is -0.481 e. The van der Waals surface area contributed by atoms with Gasteiger partial charge in [-0.05, 0) is 44.0 Å². The molecule has 0 saturated heterocycles. The molecule has 0 fully saturated rings. The standard InChI is InChI=1S/C20H20N2O3/c1-13-9-14(2)11-17(10-13)24-15(3)20(23)21-19-12-18(22-25-19)16-7-5-4-6-8-16/h4-12,15H,1-3H3,(H,21,23)/t15-/m1/s1. The van der Waals surface area contributed by atoms with E-state index in [2.05, 4.69) is 16.5 Å². The Morgan fingerprint density at radius 1 is 1.08 bits per heavy atom. The molecule has 0 aliphatic carbocycles. The van der Waals surface area contributed by atoms with Crippen molar-refractivity contribution in [1.82, 2.24) is 5.16 Å². The number of nitrogens with one attached hydrogen (secondary N) is 1. The molecule has 0 aliphatic heterocycles. The first-order chi connectivity index (χ1) is 12.0. The Balaban J connectivity index is 1.64. The monoisotopic (exact) mass is 336 g/mol. The van der Waals surface area contributed by atoms with Crippen LogP contribution in [0, 0.1) is 13.8 Å². The molecule has 1 aromatic heterocycles. The maximum absolute atomic E-state index is 12.3. The van der Waals surface area contributed by atoms with Crippen LogP contribution in [-0.4, -0.2) is 17.2 Å². The lowest BCUT2D eigenvalue weighted by Crippen LogP contribution is -2.30. The molecule has 0 spiro atoms. The van der Waals surface area contributed by atoms with Crippen molar-refractivity contribution in [3.63, 3.8) is 0 Å². The highest BCUT2D eigenvalue weighted by Crippen LogP contribution is 2.22. The minimum absolute atomic E-state index is 0.291. The quantitative estimate of drug-likeness (QED) is 0.751. The Kier molecular flexibility index (Phi) is 4.84. The molecule has 3 rings (SSSR count). The van der Waals surface area contributed by atoms with Gasteiger partial charge in [0.05, 0.1) is 0 Å². The van der Waals surface area contributed by atoms with Crippen molar-refractivity contribution in [2.24, 2.45) is 0 Å². The predicted octanol–water partition coefficient (Wildman–Crippen LogP) is 4.36. The van der Waals surface area contributed by atoms with E-state index >= 15 is 0 Å². The van der Waals surface area contributed by atoms with Gasteiger partial charge in [-0.1, -0.05) is 41.6 Å². The molecule has 0 aliphatic rings. The number of benzene rings is 2. The summed E-state index contributed by atoms with van der Waals surface area (Å²) in [5.74, 6) is 0.664. The number of anilines is 1. The van der Waals surface area contributed by atoms with E-state index in [1.54, 1.807) is 13.0 Å². The number of aromatic nitrogens is 1. The summed E-state index contributed by atoms with van der Waals surface area (Å²) < 4.78 is 10.9. The first-order valence-corrected chi connectivity index (χ1v) is 8.09. The van der Waals surface area contributed by atoms with Crippen LogP contribution in [0.4, 0.5) is 5.88 Å². The van der Waals surface area contributed by atoms with E-state index in [9.17, 15) is 4.79 Å². The van der Waals surface area contributed by atoms with Crippen LogP contribution in [0.5, 0.6) is 5.75 Å². The number of aryl methyl sites for hydroxylation is 2. The molecule has 128 valence electrons. The van der Waals surface area contributed by atoms with Crippen LogP contribution in [-0.2, 0) is 4.79 Å². The molecule has 0 unspecified atom stereocenters. The van der Waals surface area contributed by atoms with Gasteiger partial charge >= 0.3 is 0 Å². The fourth-order valence-corrected chi connectivity index (χ4v) is 2.56. The molecule has 0 saturated carbocycles. The molecule has 1 amide bonds. The van der Waals surface area contributed by atoms with Crippen LogP contribution >= 0.6 is 0 Å². The normalized spacial score (nSPS) is 11.8. The van der Waals surface area contributed by atoms with Gasteiger partial charge in [-0.25, -0.2) is 0 Å². The molecule has 1 N–H and O–H groups in total. The molecular formula is C20H20N2O3. The van der Waals surface area contributed by atoms with Gasteiger partial charge in [0.2, 0.25) is 5.88 Å². The zero-order valence-electron chi connectivity index (χ0n) is 14.4. The van der Waals surface area contributed by atoms with Crippen LogP contribution in [0.1, 0.15) is 18.1 Å². The summed E-state index contributed by atoms with van der Waals surface area (Å²) in [5, 5.41) is 6.66. The van der Waals surface area contributed by atoms with Crippen molar-refractivity contribution < 1.29 is 14.1 Å². The van der Waals surface area contributed by atoms with Crippen LogP contribution in [0.3, 0.4) is 0 Å². The van der Waals surface area contributed by atoms with Crippen LogP contribution in [0.25, 0.3) is 11.3 Å². The lowest BCUT2D eigenvalue weighted by molar-refractivity contribution is -0.122. The lowest BCUT2D eigenvalue weighted by Gasteiger charge is -2.14. The molecule has 5 nitrogen and oxygen atoms in total. The second-order valence-corrected chi connectivity index (χ2v) is 6.02. The van der Waals surface area contributed by atoms with E-state index in [4.69, 9.17) is 9.26 Å². The SMILES string of the molecule is Cc1cc(C)cc(O[C@H](C)C(=O)Nc2cc(-c3ccccc3)no2)c1. The van der Waals surface area contributed by atoms with Gasteiger partial charge in [0, 0.05) is 11.6 Å². The van der Waals surface area contributed by atoms with E-state index in [-0.39, 0.29) is 5.91 Å². The minimum atomic E-state index is -0.661. The first-order valence-electron chi connectivity index (χ1n) is 8.09. The third-order valence-corrected chi connectivity index (χ3v) is 3.70. The summed E-state index contributed by atoms with van der Waals surface area (Å²) in [6.45, 7) is 5.68. The third-order valence-electron chi connectivity index (χ3n) is 3.70. The Bertz CT molecular complexity index is 851. The Hall–Kier alpha value is -3.08. The average Bonchev–Trinajstić information content (AvgIpc) is 3.03. The highest BCUT2D eigenvalue weighted by atomic mass is 16.5. The summed E-state index contributed by atoms with van der Waals surface area (Å²) in [7, 11) is 0. The smallest absolute Gasteiger partial charge is 0.267 e. The number of carbonyl (C=O) groups excluding carboxylic acids is 1. The van der Waals surface area contributed by atoms with Gasteiger partial charge in [-0.15, -0.1) is 0 Å². The molecule has 25 heavy (non-hydrogen) atoms. The molecular weight excluding hydrogens is 316 g/mol. The largest absolute Gasteiger partial charge is 0.481 e. The van der Waals surface area contributed by atoms with Crippen molar-refractivity contribution in [1.29, 1.82) is 0 Å². The zero-order valence-corrected chi connectivity index (χ0v) is 14.4. The van der Waals surface area contributed by atoms with E-state index in [1.165, 1.54) is 0 Å². The third kappa shape index (κ3) is 4.26. The maximum atomic E-state index is 12.3. The molecule has 1 heterocycles. The van der Waals surface area contributed by atoms with Gasteiger partial charge in [0.25, 0.3) is 5.91 Å². The highest BCUT2D eigenvalue weighted by Gasteiger charge is 2.17. The Labute approximate surface area is 146 Å². The summed E-state index contributed by atoms with van der Waals surface area (Å²) in [4.78, 5) is 12.3. The summed E-state index contributed by atoms with van der Waals surface area (Å²) >= 11 is 0. The van der Waals surface area contributed by atoms with Crippen molar-refractivity contribution >= 4 is 11.8 Å². The van der Waals surface area contributed by atoms with E-state index in [0.29, 0.717) is 17.3 Å². The topological polar surface area (TPSA) is 64.4 Å². The van der Waals surface area contributed by atoms with Crippen LogP contribution in [0.15, 0.2) is 59.1 Å². The van der Waals surface area contributed by atoms with Gasteiger partial charge in [0.15, 0.2) is 6.10 Å². The Morgan fingerprint density at radius 3 is 2.44 bits per heavy atom. The van der Waals surface area contributed by atoms with E-state index in [1.807, 2.05) is 56.3 Å². The first kappa shape index (κ1) is 16.8. The second kappa shape index (κ2) is 7.21. The van der Waals surface area contributed by atoms with E-state index < -0.39 is 6.10 Å². The van der Waals surface area contributed by atoms with Gasteiger partial charge in [-0.3, -0.25) is 10.1 Å².